The normalized spacial score (nSPS) is 11.8. The molecule has 0 aliphatic carbocycles. The number of carbonyl (C=O) groups excluding carboxylic acids is 2. The average Bonchev–Trinajstić information content (AvgIpc) is 2.54. The summed E-state index contributed by atoms with van der Waals surface area (Å²) in [7, 11) is 0. The van der Waals surface area contributed by atoms with Gasteiger partial charge in [0.05, 0.1) is 10.6 Å². The molecule has 0 spiro atoms. The minimum atomic E-state index is -4.66. The number of benzene rings is 2. The number of urea groups is 1. The van der Waals surface area contributed by atoms with Gasteiger partial charge in [-0.3, -0.25) is 10.1 Å². The van der Waals surface area contributed by atoms with Crippen molar-refractivity contribution in [3.05, 3.63) is 69.7 Å². The monoisotopic (exact) mass is 402 g/mol. The van der Waals surface area contributed by atoms with Crippen molar-refractivity contribution in [1.82, 2.24) is 5.32 Å². The van der Waals surface area contributed by atoms with Gasteiger partial charge in [-0.05, 0) is 35.9 Å². The number of anilines is 1. The summed E-state index contributed by atoms with van der Waals surface area (Å²) in [5.41, 5.74) is 0.412. The Bertz CT molecular complexity index is 867. The molecule has 4 nitrogen and oxygen atoms in total. The second-order valence-electron chi connectivity index (χ2n) is 5.00. The van der Waals surface area contributed by atoms with Crippen molar-refractivity contribution in [2.45, 2.75) is 6.18 Å². The fourth-order valence-electron chi connectivity index (χ4n) is 1.91. The van der Waals surface area contributed by atoms with Crippen LogP contribution in [0.4, 0.5) is 23.7 Å². The van der Waals surface area contributed by atoms with Crippen LogP contribution in [0.15, 0.2) is 53.6 Å². The van der Waals surface area contributed by atoms with E-state index in [0.29, 0.717) is 0 Å². The van der Waals surface area contributed by atoms with E-state index in [1.165, 1.54) is 36.4 Å². The Kier molecular flexibility index (Phi) is 6.28. The molecule has 0 aromatic heterocycles. The Hall–Kier alpha value is -2.51. The van der Waals surface area contributed by atoms with Crippen molar-refractivity contribution >= 4 is 46.9 Å². The first kappa shape index (κ1) is 19.8. The fraction of sp³-hybridized carbons (Fsp3) is 0.0588. The van der Waals surface area contributed by atoms with E-state index in [4.69, 9.17) is 23.2 Å². The lowest BCUT2D eigenvalue weighted by Gasteiger charge is -2.09. The lowest BCUT2D eigenvalue weighted by Crippen LogP contribution is -2.34. The highest BCUT2D eigenvalue weighted by Crippen LogP contribution is 2.30. The third kappa shape index (κ3) is 5.50. The predicted molar refractivity (Wildman–Crippen MR) is 94.3 cm³/mol. The van der Waals surface area contributed by atoms with E-state index >= 15 is 0 Å². The summed E-state index contributed by atoms with van der Waals surface area (Å²) >= 11 is 11.0. The summed E-state index contributed by atoms with van der Waals surface area (Å²) in [6.45, 7) is 0. The lowest BCUT2D eigenvalue weighted by molar-refractivity contribution is -0.0836. The number of amides is 3. The Morgan fingerprint density at radius 3 is 2.38 bits per heavy atom. The van der Waals surface area contributed by atoms with Crippen LogP contribution in [-0.4, -0.2) is 18.1 Å². The Morgan fingerprint density at radius 1 is 1.04 bits per heavy atom. The van der Waals surface area contributed by atoms with Crippen LogP contribution in [0.3, 0.4) is 0 Å². The fourth-order valence-corrected chi connectivity index (χ4v) is 2.26. The van der Waals surface area contributed by atoms with Gasteiger partial charge in [0.15, 0.2) is 0 Å². The number of carbonyl (C=O) groups is 2. The van der Waals surface area contributed by atoms with Gasteiger partial charge in [-0.15, -0.1) is 0 Å². The molecule has 2 rings (SSSR count). The topological polar surface area (TPSA) is 58.2 Å². The summed E-state index contributed by atoms with van der Waals surface area (Å²) in [5, 5.41) is 3.30. The van der Waals surface area contributed by atoms with Gasteiger partial charge in [0.25, 0.3) is 5.91 Å². The van der Waals surface area contributed by atoms with Gasteiger partial charge in [-0.2, -0.15) is 13.2 Å². The first-order chi connectivity index (χ1) is 12.2. The van der Waals surface area contributed by atoms with E-state index in [2.05, 4.69) is 10.6 Å². The SMILES string of the molecule is O=C(NC(=O)c1ccccc1Cl)Nc1cccc(/C=C(\Cl)C(F)(F)F)c1. The van der Waals surface area contributed by atoms with Crippen LogP contribution in [0.5, 0.6) is 0 Å². The Labute approximate surface area is 156 Å². The standard InChI is InChI=1S/C17H11Cl2F3N2O2/c18-13-7-2-1-6-12(13)15(25)24-16(26)23-11-5-3-4-10(8-11)9-14(19)17(20,21)22/h1-9H,(H2,23,24,25,26)/b14-9-. The highest BCUT2D eigenvalue weighted by atomic mass is 35.5. The van der Waals surface area contributed by atoms with E-state index in [0.717, 1.165) is 6.08 Å². The van der Waals surface area contributed by atoms with Crippen LogP contribution in [0.2, 0.25) is 5.02 Å². The number of hydrogen-bond acceptors (Lipinski definition) is 2. The van der Waals surface area contributed by atoms with Crippen LogP contribution < -0.4 is 10.6 Å². The molecule has 0 bridgehead atoms. The molecule has 2 aromatic carbocycles. The van der Waals surface area contributed by atoms with E-state index in [1.54, 1.807) is 12.1 Å². The zero-order chi connectivity index (χ0) is 19.3. The van der Waals surface area contributed by atoms with Gasteiger partial charge in [-0.1, -0.05) is 47.5 Å². The maximum Gasteiger partial charge on any atom is 0.426 e. The van der Waals surface area contributed by atoms with Crippen molar-refractivity contribution in [1.29, 1.82) is 0 Å². The number of halogens is 5. The molecule has 0 unspecified atom stereocenters. The van der Waals surface area contributed by atoms with Crippen LogP contribution in [0, 0.1) is 0 Å². The van der Waals surface area contributed by atoms with Crippen molar-refractivity contribution in [2.24, 2.45) is 0 Å². The van der Waals surface area contributed by atoms with E-state index < -0.39 is 23.1 Å². The number of rotatable bonds is 3. The molecule has 0 fully saturated rings. The largest absolute Gasteiger partial charge is 0.426 e. The number of hydrogen-bond donors (Lipinski definition) is 2. The van der Waals surface area contributed by atoms with E-state index in [1.807, 2.05) is 0 Å². The number of nitrogens with one attached hydrogen (secondary N) is 2. The molecule has 3 amide bonds. The molecule has 2 aromatic rings. The van der Waals surface area contributed by atoms with Crippen molar-refractivity contribution in [3.63, 3.8) is 0 Å². The molecule has 9 heteroatoms. The molecule has 2 N–H and O–H groups in total. The van der Waals surface area contributed by atoms with Crippen molar-refractivity contribution < 1.29 is 22.8 Å². The number of allylic oxidation sites excluding steroid dienone is 1. The molecule has 0 heterocycles. The molecule has 136 valence electrons. The van der Waals surface area contributed by atoms with Gasteiger partial charge < -0.3 is 5.32 Å². The molecule has 0 radical (unpaired) electrons. The second-order valence-corrected chi connectivity index (χ2v) is 5.82. The minimum Gasteiger partial charge on any atom is -0.308 e. The van der Waals surface area contributed by atoms with Gasteiger partial charge in [0, 0.05) is 5.69 Å². The minimum absolute atomic E-state index is 0.109. The molecule has 26 heavy (non-hydrogen) atoms. The van der Waals surface area contributed by atoms with Gasteiger partial charge in [0.2, 0.25) is 0 Å². The Morgan fingerprint density at radius 2 is 1.73 bits per heavy atom. The third-order valence-corrected chi connectivity index (χ3v) is 3.71. The maximum absolute atomic E-state index is 12.5. The molecule has 0 aliphatic rings. The zero-order valence-corrected chi connectivity index (χ0v) is 14.4. The quantitative estimate of drug-likeness (QED) is 0.717. The second kappa shape index (κ2) is 8.25. The molecular weight excluding hydrogens is 392 g/mol. The van der Waals surface area contributed by atoms with Crippen LogP contribution in [0.25, 0.3) is 6.08 Å². The van der Waals surface area contributed by atoms with Crippen molar-refractivity contribution in [3.8, 4) is 0 Å². The molecule has 0 saturated carbocycles. The van der Waals surface area contributed by atoms with E-state index in [9.17, 15) is 22.8 Å². The van der Waals surface area contributed by atoms with Gasteiger partial charge in [-0.25, -0.2) is 4.79 Å². The summed E-state index contributed by atoms with van der Waals surface area (Å²) in [6, 6.07) is 10.8. The molecule has 0 aliphatic heterocycles. The number of alkyl halides is 3. The molecule has 0 saturated heterocycles. The van der Waals surface area contributed by atoms with Crippen molar-refractivity contribution in [2.75, 3.05) is 5.32 Å². The highest BCUT2D eigenvalue weighted by Gasteiger charge is 2.32. The first-order valence-electron chi connectivity index (χ1n) is 7.08. The average molecular weight is 403 g/mol. The molecule has 0 atom stereocenters. The molecular formula is C17H11Cl2F3N2O2. The third-order valence-electron chi connectivity index (χ3n) is 3.05. The van der Waals surface area contributed by atoms with E-state index in [-0.39, 0.29) is 21.8 Å². The highest BCUT2D eigenvalue weighted by molar-refractivity contribution is 6.34. The van der Waals surface area contributed by atoms with Gasteiger partial charge in [0.1, 0.15) is 5.03 Å². The summed E-state index contributed by atoms with van der Waals surface area (Å²) < 4.78 is 37.4. The smallest absolute Gasteiger partial charge is 0.308 e. The maximum atomic E-state index is 12.5. The van der Waals surface area contributed by atoms with Crippen LogP contribution >= 0.6 is 23.2 Å². The zero-order valence-electron chi connectivity index (χ0n) is 12.9. The summed E-state index contributed by atoms with van der Waals surface area (Å²) in [4.78, 5) is 23.9. The van der Waals surface area contributed by atoms with Crippen LogP contribution in [-0.2, 0) is 0 Å². The van der Waals surface area contributed by atoms with Gasteiger partial charge >= 0.3 is 12.2 Å². The summed E-state index contributed by atoms with van der Waals surface area (Å²) in [5.74, 6) is -0.718. The first-order valence-corrected chi connectivity index (χ1v) is 7.84. The lowest BCUT2D eigenvalue weighted by atomic mass is 10.2. The van der Waals surface area contributed by atoms with Crippen LogP contribution in [0.1, 0.15) is 15.9 Å². The Balaban J connectivity index is 2.07. The predicted octanol–water partition coefficient (Wildman–Crippen LogP) is 5.44. The number of imide groups is 1. The summed E-state index contributed by atoms with van der Waals surface area (Å²) in [6.07, 6.45) is -3.94.